The molecule has 0 aliphatic rings. The average Bonchev–Trinajstić information content (AvgIpc) is 2.53. The monoisotopic (exact) mass is 375 g/mol. The van der Waals surface area contributed by atoms with Crippen molar-refractivity contribution in [1.29, 1.82) is 0 Å². The first-order valence-electron chi connectivity index (χ1n) is 6.76. The zero-order valence-electron chi connectivity index (χ0n) is 12.5. The maximum atomic E-state index is 12.6. The van der Waals surface area contributed by atoms with Crippen molar-refractivity contribution < 1.29 is 23.0 Å². The minimum atomic E-state index is -3.08. The van der Waals surface area contributed by atoms with Crippen molar-refractivity contribution in [1.82, 2.24) is 5.32 Å². The normalized spacial score (nSPS) is 10.6. The van der Waals surface area contributed by atoms with E-state index in [0.717, 1.165) is 0 Å². The molecule has 128 valence electrons. The smallest absolute Gasteiger partial charge is 0.387 e. The molecule has 0 heterocycles. The zero-order chi connectivity index (χ0) is 17.7. The van der Waals surface area contributed by atoms with E-state index in [4.69, 9.17) is 27.9 Å². The molecule has 2 aromatic rings. The molecule has 2 aromatic carbocycles. The maximum absolute atomic E-state index is 12.6. The number of benzene rings is 2. The van der Waals surface area contributed by atoms with Gasteiger partial charge in [0.2, 0.25) is 0 Å². The number of para-hydroxylation sites is 1. The summed E-state index contributed by atoms with van der Waals surface area (Å²) in [5.41, 5.74) is 0.563. The van der Waals surface area contributed by atoms with Gasteiger partial charge in [-0.1, -0.05) is 35.3 Å². The number of alkyl halides is 2. The fourth-order valence-electron chi connectivity index (χ4n) is 2.00. The average molecular weight is 376 g/mol. The van der Waals surface area contributed by atoms with Crippen molar-refractivity contribution >= 4 is 29.1 Å². The molecule has 0 aliphatic heterocycles. The first-order chi connectivity index (χ1) is 11.4. The van der Waals surface area contributed by atoms with Gasteiger partial charge in [0.15, 0.2) is 11.5 Å². The number of hydrogen-bond donors (Lipinski definition) is 1. The highest BCUT2D eigenvalue weighted by Gasteiger charge is 2.20. The first kappa shape index (κ1) is 18.3. The van der Waals surface area contributed by atoms with Crippen LogP contribution in [0.15, 0.2) is 36.4 Å². The summed E-state index contributed by atoms with van der Waals surface area (Å²) < 4.78 is 34.5. The van der Waals surface area contributed by atoms with Gasteiger partial charge < -0.3 is 14.8 Å². The molecule has 0 saturated heterocycles. The number of amides is 1. The Morgan fingerprint density at radius 3 is 2.62 bits per heavy atom. The minimum absolute atomic E-state index is 0.0347. The molecule has 0 saturated carbocycles. The van der Waals surface area contributed by atoms with E-state index in [1.807, 2.05) is 0 Å². The number of hydrogen-bond acceptors (Lipinski definition) is 3. The summed E-state index contributed by atoms with van der Waals surface area (Å²) in [6.07, 6.45) is 0. The lowest BCUT2D eigenvalue weighted by molar-refractivity contribution is -0.0515. The molecule has 1 N–H and O–H groups in total. The van der Waals surface area contributed by atoms with Crippen molar-refractivity contribution in [3.05, 3.63) is 57.6 Å². The highest BCUT2D eigenvalue weighted by molar-refractivity contribution is 6.35. The molecule has 2 rings (SSSR count). The van der Waals surface area contributed by atoms with Crippen molar-refractivity contribution in [2.75, 3.05) is 7.11 Å². The van der Waals surface area contributed by atoms with Crippen molar-refractivity contribution in [3.8, 4) is 11.5 Å². The van der Waals surface area contributed by atoms with Crippen LogP contribution in [-0.4, -0.2) is 19.6 Å². The molecule has 0 unspecified atom stereocenters. The van der Waals surface area contributed by atoms with Gasteiger partial charge in [-0.05, 0) is 29.8 Å². The van der Waals surface area contributed by atoms with E-state index in [2.05, 4.69) is 10.1 Å². The Hall–Kier alpha value is -2.05. The zero-order valence-corrected chi connectivity index (χ0v) is 14.0. The van der Waals surface area contributed by atoms with Crippen LogP contribution < -0.4 is 14.8 Å². The Kier molecular flexibility index (Phi) is 6.23. The quantitative estimate of drug-likeness (QED) is 0.806. The third kappa shape index (κ3) is 4.49. The number of halogens is 4. The third-order valence-electron chi connectivity index (χ3n) is 3.10. The molecule has 0 aromatic heterocycles. The summed E-state index contributed by atoms with van der Waals surface area (Å²) >= 11 is 11.8. The van der Waals surface area contributed by atoms with E-state index in [1.54, 1.807) is 18.2 Å². The van der Waals surface area contributed by atoms with Gasteiger partial charge in [0.05, 0.1) is 12.7 Å². The third-order valence-corrected chi connectivity index (χ3v) is 3.69. The summed E-state index contributed by atoms with van der Waals surface area (Å²) in [6.45, 7) is -2.99. The van der Waals surface area contributed by atoms with Crippen LogP contribution in [0.3, 0.4) is 0 Å². The lowest BCUT2D eigenvalue weighted by Crippen LogP contribution is -2.24. The van der Waals surface area contributed by atoms with Crippen molar-refractivity contribution in [2.45, 2.75) is 13.2 Å². The summed E-state index contributed by atoms with van der Waals surface area (Å²) in [7, 11) is 1.29. The van der Waals surface area contributed by atoms with E-state index in [9.17, 15) is 13.6 Å². The Bertz CT molecular complexity index is 741. The molecule has 1 amide bonds. The Morgan fingerprint density at radius 1 is 1.25 bits per heavy atom. The van der Waals surface area contributed by atoms with Crippen LogP contribution in [0.4, 0.5) is 8.78 Å². The molecule has 0 fully saturated rings. The molecular weight excluding hydrogens is 363 g/mol. The lowest BCUT2D eigenvalue weighted by atomic mass is 10.1. The highest BCUT2D eigenvalue weighted by Crippen LogP contribution is 2.32. The van der Waals surface area contributed by atoms with Crippen LogP contribution in [0.5, 0.6) is 11.5 Å². The largest absolute Gasteiger partial charge is 0.493 e. The van der Waals surface area contributed by atoms with E-state index >= 15 is 0 Å². The number of carbonyl (C=O) groups is 1. The Labute approximate surface area is 147 Å². The molecule has 0 spiro atoms. The molecule has 8 heteroatoms. The SMILES string of the molecule is COc1cccc(C(=O)NCc2ccc(Cl)cc2Cl)c1OC(F)F. The van der Waals surface area contributed by atoms with Gasteiger partial charge in [0.1, 0.15) is 0 Å². The van der Waals surface area contributed by atoms with E-state index in [1.165, 1.54) is 25.3 Å². The van der Waals surface area contributed by atoms with Gasteiger partial charge in [-0.2, -0.15) is 8.78 Å². The second kappa shape index (κ2) is 8.17. The van der Waals surface area contributed by atoms with Crippen LogP contribution in [0, 0.1) is 0 Å². The number of rotatable bonds is 6. The van der Waals surface area contributed by atoms with Gasteiger partial charge >= 0.3 is 6.61 Å². The van der Waals surface area contributed by atoms with Gasteiger partial charge in [-0.3, -0.25) is 4.79 Å². The predicted molar refractivity (Wildman–Crippen MR) is 87.3 cm³/mol. The topological polar surface area (TPSA) is 47.6 Å². The van der Waals surface area contributed by atoms with Crippen molar-refractivity contribution in [3.63, 3.8) is 0 Å². The second-order valence-electron chi connectivity index (χ2n) is 4.63. The number of nitrogens with one attached hydrogen (secondary N) is 1. The van der Waals surface area contributed by atoms with E-state index in [0.29, 0.717) is 15.6 Å². The summed E-state index contributed by atoms with van der Waals surface area (Å²) in [5, 5.41) is 3.45. The molecule has 0 radical (unpaired) electrons. The second-order valence-corrected chi connectivity index (χ2v) is 5.48. The van der Waals surface area contributed by atoms with Gasteiger partial charge in [0, 0.05) is 16.6 Å². The molecule has 0 aliphatic carbocycles. The minimum Gasteiger partial charge on any atom is -0.493 e. The predicted octanol–water partition coefficient (Wildman–Crippen LogP) is 4.53. The molecule has 0 atom stereocenters. The highest BCUT2D eigenvalue weighted by atomic mass is 35.5. The number of ether oxygens (including phenoxy) is 2. The Balaban J connectivity index is 2.20. The van der Waals surface area contributed by atoms with Gasteiger partial charge in [-0.25, -0.2) is 0 Å². The van der Waals surface area contributed by atoms with Gasteiger partial charge in [-0.15, -0.1) is 0 Å². The summed E-state index contributed by atoms with van der Waals surface area (Å²) in [6, 6.07) is 9.12. The standard InChI is InChI=1S/C16H13Cl2F2NO3/c1-23-13-4-2-3-11(14(13)24-16(19)20)15(22)21-8-9-5-6-10(17)7-12(9)18/h2-7,16H,8H2,1H3,(H,21,22). The lowest BCUT2D eigenvalue weighted by Gasteiger charge is -2.14. The first-order valence-corrected chi connectivity index (χ1v) is 7.52. The summed E-state index contributed by atoms with van der Waals surface area (Å²) in [5.74, 6) is -0.891. The number of carbonyl (C=O) groups excluding carboxylic acids is 1. The van der Waals surface area contributed by atoms with Crippen LogP contribution >= 0.6 is 23.2 Å². The fourth-order valence-corrected chi connectivity index (χ4v) is 2.48. The number of methoxy groups -OCH3 is 1. The van der Waals surface area contributed by atoms with E-state index < -0.39 is 12.5 Å². The fraction of sp³-hybridized carbons (Fsp3) is 0.188. The van der Waals surface area contributed by atoms with Gasteiger partial charge in [0.25, 0.3) is 5.91 Å². The maximum Gasteiger partial charge on any atom is 0.387 e. The Morgan fingerprint density at radius 2 is 2.00 bits per heavy atom. The van der Waals surface area contributed by atoms with Crippen LogP contribution in [-0.2, 0) is 6.54 Å². The molecule has 4 nitrogen and oxygen atoms in total. The van der Waals surface area contributed by atoms with Crippen LogP contribution in [0.2, 0.25) is 10.0 Å². The van der Waals surface area contributed by atoms with Crippen LogP contribution in [0.25, 0.3) is 0 Å². The van der Waals surface area contributed by atoms with Crippen LogP contribution in [0.1, 0.15) is 15.9 Å². The molecule has 0 bridgehead atoms. The molecular formula is C16H13Cl2F2NO3. The van der Waals surface area contributed by atoms with Crippen molar-refractivity contribution in [2.24, 2.45) is 0 Å². The summed E-state index contributed by atoms with van der Waals surface area (Å²) in [4.78, 5) is 12.3. The molecule has 24 heavy (non-hydrogen) atoms. The van der Waals surface area contributed by atoms with E-state index in [-0.39, 0.29) is 23.6 Å².